The number of carbonyl (C=O) groups is 4. The molecule has 2 heterocycles. The van der Waals surface area contributed by atoms with Crippen molar-refractivity contribution in [1.82, 2.24) is 15.6 Å². The number of aromatic amines is 1. The molecule has 0 unspecified atom stereocenters. The van der Waals surface area contributed by atoms with Crippen LogP contribution in [0.5, 0.6) is 5.88 Å². The van der Waals surface area contributed by atoms with E-state index in [9.17, 15) is 29.1 Å². The van der Waals surface area contributed by atoms with Gasteiger partial charge >= 0.3 is 17.9 Å². The molecule has 0 bridgehead atoms. The van der Waals surface area contributed by atoms with Gasteiger partial charge in [-0.15, -0.1) is 0 Å². The van der Waals surface area contributed by atoms with Gasteiger partial charge in [-0.2, -0.15) is 5.16 Å². The number of ether oxygens (including phenoxy) is 4. The molecule has 4 atom stereocenters. The van der Waals surface area contributed by atoms with E-state index in [1.807, 2.05) is 84.9 Å². The van der Waals surface area contributed by atoms with Gasteiger partial charge in [-0.05, 0) is 85.0 Å². The van der Waals surface area contributed by atoms with Crippen molar-refractivity contribution in [3.8, 4) is 28.1 Å². The minimum atomic E-state index is -1.26. The van der Waals surface area contributed by atoms with Crippen LogP contribution in [0.4, 0.5) is 0 Å². The third-order valence-electron chi connectivity index (χ3n) is 10.7. The largest absolute Gasteiger partial charge is 0.481 e. The molecule has 6 aromatic rings. The van der Waals surface area contributed by atoms with E-state index in [-0.39, 0.29) is 42.4 Å². The van der Waals surface area contributed by atoms with Gasteiger partial charge in [0.15, 0.2) is 0 Å². The Morgan fingerprint density at radius 1 is 0.721 bits per heavy atom. The lowest BCUT2D eigenvalue weighted by Crippen LogP contribution is -2.44. The van der Waals surface area contributed by atoms with Crippen molar-refractivity contribution >= 4 is 23.8 Å². The molecule has 0 fully saturated rings. The Morgan fingerprint density at radius 3 is 1.66 bits per heavy atom. The van der Waals surface area contributed by atoms with Crippen LogP contribution in [0.3, 0.4) is 0 Å². The van der Waals surface area contributed by atoms with Gasteiger partial charge in [0.05, 0.1) is 49.9 Å². The normalized spacial score (nSPS) is 13.4. The lowest BCUT2D eigenvalue weighted by atomic mass is 9.82. The fourth-order valence-corrected chi connectivity index (χ4v) is 7.34. The van der Waals surface area contributed by atoms with Crippen molar-refractivity contribution in [3.05, 3.63) is 154 Å². The summed E-state index contributed by atoms with van der Waals surface area (Å²) < 4.78 is 29.8. The van der Waals surface area contributed by atoms with Crippen LogP contribution in [-0.2, 0) is 36.6 Å². The van der Waals surface area contributed by atoms with Crippen molar-refractivity contribution < 1.29 is 57.4 Å². The van der Waals surface area contributed by atoms with Crippen molar-refractivity contribution in [2.24, 2.45) is 16.6 Å². The van der Waals surface area contributed by atoms with Crippen LogP contribution in [0, 0.1) is 10.8 Å². The lowest BCUT2D eigenvalue weighted by molar-refractivity contribution is -0.158. The fraction of sp³-hybridized carbons (Fsp3) is 0.333. The predicted molar refractivity (Wildman–Crippen MR) is 253 cm³/mol. The first kappa shape index (κ1) is 53.3. The summed E-state index contributed by atoms with van der Waals surface area (Å²) in [5.74, 6) is -3.21. The molecule has 1 amide bonds. The van der Waals surface area contributed by atoms with Crippen LogP contribution < -0.4 is 21.3 Å². The van der Waals surface area contributed by atoms with Gasteiger partial charge in [-0.3, -0.25) is 19.2 Å². The summed E-state index contributed by atoms with van der Waals surface area (Å²) in [6.45, 7) is 5.93. The van der Waals surface area contributed by atoms with Gasteiger partial charge < -0.3 is 49.3 Å². The molecule has 68 heavy (non-hydrogen) atoms. The van der Waals surface area contributed by atoms with Crippen LogP contribution in [-0.4, -0.2) is 97.6 Å². The zero-order valence-corrected chi connectivity index (χ0v) is 39.1. The fourth-order valence-electron chi connectivity index (χ4n) is 7.34. The van der Waals surface area contributed by atoms with Crippen molar-refractivity contribution in [2.45, 2.75) is 58.5 Å². The van der Waals surface area contributed by atoms with Crippen molar-refractivity contribution in [2.75, 3.05) is 41.2 Å². The van der Waals surface area contributed by atoms with E-state index >= 15 is 0 Å². The number of nitrogens with zero attached hydrogens (tertiary/aromatic N) is 1. The highest BCUT2D eigenvalue weighted by Gasteiger charge is 2.38. The highest BCUT2D eigenvalue weighted by atomic mass is 16.5. The number of carboxylic acid groups (broad SMARTS) is 2. The molecular formula is C51H60N4O13. The van der Waals surface area contributed by atoms with E-state index in [1.54, 1.807) is 21.0 Å². The van der Waals surface area contributed by atoms with E-state index in [1.165, 1.54) is 31.4 Å². The number of nitrogens with one attached hydrogen (secondary N) is 2. The molecule has 2 aromatic heterocycles. The molecule has 17 heteroatoms. The molecule has 0 radical (unpaired) electrons. The highest BCUT2D eigenvalue weighted by molar-refractivity contribution is 5.92. The number of hydrogen-bond donors (Lipinski definition) is 5. The Kier molecular flexibility index (Phi) is 20.5. The number of aliphatic carboxylic acids is 1. The number of carboxylic acids is 2. The molecule has 0 saturated carbocycles. The minimum Gasteiger partial charge on any atom is -0.481 e. The van der Waals surface area contributed by atoms with Crippen LogP contribution in [0.15, 0.2) is 135 Å². The summed E-state index contributed by atoms with van der Waals surface area (Å²) in [5, 5.41) is 26.3. The first-order valence-corrected chi connectivity index (χ1v) is 21.7. The van der Waals surface area contributed by atoms with Gasteiger partial charge in [-0.1, -0.05) is 109 Å². The molecule has 0 aliphatic carbocycles. The van der Waals surface area contributed by atoms with E-state index < -0.39 is 40.3 Å². The molecule has 4 aromatic carbocycles. The number of aromatic carboxylic acids is 1. The average Bonchev–Trinajstić information content (AvgIpc) is 4.01. The summed E-state index contributed by atoms with van der Waals surface area (Å²) in [4.78, 5) is 57.1. The summed E-state index contributed by atoms with van der Waals surface area (Å²) >= 11 is 0. The van der Waals surface area contributed by atoms with Gasteiger partial charge in [-0.25, -0.2) is 4.79 Å². The minimum absolute atomic E-state index is 0.0117. The van der Waals surface area contributed by atoms with E-state index in [4.69, 9.17) is 34.3 Å². The number of H-pyrrole nitrogens is 1. The highest BCUT2D eigenvalue weighted by Crippen LogP contribution is 2.29. The predicted octanol–water partition coefficient (Wildman–Crippen LogP) is 7.31. The lowest BCUT2D eigenvalue weighted by Gasteiger charge is -2.29. The van der Waals surface area contributed by atoms with Crippen LogP contribution in [0.25, 0.3) is 22.3 Å². The second-order valence-electron chi connectivity index (χ2n) is 16.5. The van der Waals surface area contributed by atoms with Gasteiger partial charge in [0, 0.05) is 26.3 Å². The Bertz CT molecular complexity index is 2540. The third-order valence-corrected chi connectivity index (χ3v) is 10.7. The molecule has 0 aliphatic heterocycles. The zero-order valence-electron chi connectivity index (χ0n) is 39.1. The molecule has 0 spiro atoms. The number of benzene rings is 4. The zero-order chi connectivity index (χ0) is 49.7. The number of esters is 1. The van der Waals surface area contributed by atoms with E-state index in [2.05, 4.69) is 51.4 Å². The number of methoxy groups -OCH3 is 3. The van der Waals surface area contributed by atoms with Crippen LogP contribution in [0.1, 0.15) is 65.8 Å². The molecule has 6 N–H and O–H groups in total. The van der Waals surface area contributed by atoms with Gasteiger partial charge in [0.2, 0.25) is 11.5 Å². The first-order valence-electron chi connectivity index (χ1n) is 21.7. The van der Waals surface area contributed by atoms with Crippen molar-refractivity contribution in [1.29, 1.82) is 0 Å². The topological polar surface area (TPSA) is 256 Å². The summed E-state index contributed by atoms with van der Waals surface area (Å²) in [5.41, 5.74) is 10.5. The Hall–Kier alpha value is -7.34. The Labute approximate surface area is 394 Å². The average molecular weight is 937 g/mol. The van der Waals surface area contributed by atoms with Gasteiger partial charge in [0.25, 0.3) is 17.3 Å². The molecule has 6 rings (SSSR count). The van der Waals surface area contributed by atoms with Crippen LogP contribution in [0.2, 0.25) is 0 Å². The summed E-state index contributed by atoms with van der Waals surface area (Å²) in [6.07, 6.45) is 1.81. The first-order chi connectivity index (χ1) is 32.5. The molecule has 17 nitrogen and oxygen atoms in total. The second kappa shape index (κ2) is 26.1. The maximum absolute atomic E-state index is 12.7. The number of carbonyl (C=O) groups excluding carboxylic acids is 2. The third kappa shape index (κ3) is 16.2. The van der Waals surface area contributed by atoms with Crippen molar-refractivity contribution in [3.63, 3.8) is 0 Å². The molecule has 362 valence electrons. The molecular weight excluding hydrogens is 877 g/mol. The number of nitrogens with two attached hydrogens (primary N) is 1. The number of amides is 1. The Balaban J connectivity index is 0.000000255. The number of aromatic nitrogens is 2. The Morgan fingerprint density at radius 2 is 1.24 bits per heavy atom. The summed E-state index contributed by atoms with van der Waals surface area (Å²) in [6, 6.07) is 38.3. The standard InChI is InChI=1S/C25H28N2O6.C22H29NO3.C4H3NO4/c1-25(16-31-2,24(29)30)15-20(26-23(28)21-14-22(32-3)27-33-21)13-17-9-11-19(12-10-17)18-7-5-4-6-8-18;1-4-26-21(24)22(2,16-25-3)15-20(23)14-17-10-12-19(13-11-17)18-8-6-5-7-9-18;6-3-1-2(4(7)8)9-5-3/h4-12,14,20H,13,15-16H2,1-3H3,(H,26,28)(H,29,30);5-13,20H,4,14-16,23H2,1-3H3;1H,(H,5,6)(H,7,8)/t20-,25+;20-,22+;/m11./s1. The summed E-state index contributed by atoms with van der Waals surface area (Å²) in [7, 11) is 4.47. The second-order valence-corrected chi connectivity index (χ2v) is 16.5. The quantitative estimate of drug-likeness (QED) is 0.0443. The SMILES string of the molecule is CCOC(=O)[C@](C)(COC)C[C@H](N)Cc1ccc(-c2ccccc2)cc1.COC[C@](C)(C[C@@H](Cc1ccc(-c2ccccc2)cc1)NC(=O)c1cc(OC)no1)C(=O)O.O=C(O)c1cc(=O)[nH]o1. The van der Waals surface area contributed by atoms with E-state index in [0.29, 0.717) is 32.5 Å². The maximum atomic E-state index is 12.7. The number of hydrogen-bond acceptors (Lipinski definition) is 13. The number of rotatable bonds is 21. The smallest absolute Gasteiger partial charge is 0.374 e. The van der Waals surface area contributed by atoms with Crippen LogP contribution >= 0.6 is 0 Å². The van der Waals surface area contributed by atoms with E-state index in [0.717, 1.165) is 28.3 Å². The maximum Gasteiger partial charge on any atom is 0.374 e. The molecule has 0 aliphatic rings. The van der Waals surface area contributed by atoms with Gasteiger partial charge in [0.1, 0.15) is 0 Å². The molecule has 0 saturated heterocycles. The monoisotopic (exact) mass is 936 g/mol.